The van der Waals surface area contributed by atoms with Crippen molar-refractivity contribution >= 4 is 17.1 Å². The number of aliphatic hydroxyl groups excluding tert-OH is 1. The molecule has 9 heteroatoms. The Labute approximate surface area is 100 Å². The number of rotatable bonds is 2. The number of fused-ring (bicyclic) bond motifs is 1. The predicted octanol–water partition coefficient (Wildman–Crippen LogP) is -1.43. The second-order valence-corrected chi connectivity index (χ2v) is 3.81. The van der Waals surface area contributed by atoms with Crippen molar-refractivity contribution in [2.24, 2.45) is 0 Å². The van der Waals surface area contributed by atoms with Gasteiger partial charge in [0, 0.05) is 0 Å². The number of aliphatic hydroxyl groups is 1. The molecule has 2 atom stereocenters. The summed E-state index contributed by atoms with van der Waals surface area (Å²) in [5.41, 5.74) is 5.58. The van der Waals surface area contributed by atoms with E-state index in [9.17, 15) is 4.79 Å². The first-order chi connectivity index (χ1) is 8.69. The maximum atomic E-state index is 11.6. The summed E-state index contributed by atoms with van der Waals surface area (Å²) >= 11 is 0. The fraction of sp³-hybridized carbons (Fsp3) is 0.444. The lowest BCUT2D eigenvalue weighted by molar-refractivity contribution is -0.0980. The molecule has 2 aromatic heterocycles. The minimum atomic E-state index is -0.674. The number of H-pyrrole nitrogens is 1. The average Bonchev–Trinajstić information content (AvgIpc) is 2.93. The molecule has 2 aromatic rings. The number of ether oxygens (including phenoxy) is 2. The number of aromatic nitrogens is 4. The molecule has 3 heterocycles. The smallest absolute Gasteiger partial charge is 0.280 e. The molecule has 1 aliphatic heterocycles. The van der Waals surface area contributed by atoms with E-state index < -0.39 is 18.1 Å². The maximum absolute atomic E-state index is 11.6. The lowest BCUT2D eigenvalue weighted by Gasteiger charge is -2.11. The lowest BCUT2D eigenvalue weighted by atomic mass is 10.5. The molecule has 4 N–H and O–H groups in total. The quantitative estimate of drug-likeness (QED) is 0.598. The van der Waals surface area contributed by atoms with Crippen LogP contribution < -0.4 is 11.3 Å². The normalized spacial score (nSPS) is 23.8. The minimum absolute atomic E-state index is 0.00636. The van der Waals surface area contributed by atoms with Gasteiger partial charge in [-0.25, -0.2) is 4.98 Å². The SMILES string of the molecule is Nc1nc2c(ncn2[C@@H]2CO[C@H](CO)O2)c(=O)[nH]1. The number of nitrogens with two attached hydrogens (primary N) is 1. The monoisotopic (exact) mass is 253 g/mol. The van der Waals surface area contributed by atoms with E-state index in [0.717, 1.165) is 0 Å². The molecule has 1 saturated heterocycles. The van der Waals surface area contributed by atoms with Gasteiger partial charge in [-0.2, -0.15) is 4.98 Å². The van der Waals surface area contributed by atoms with Gasteiger partial charge in [0.1, 0.15) is 0 Å². The standard InChI is InChI=1S/C9H11N5O4/c10-9-12-7-6(8(16)13-9)11-3-14(7)4-2-17-5(1-15)18-4/h3-5,15H,1-2H2,(H3,10,12,13,16)/t4-,5-/m0/s1. The second kappa shape index (κ2) is 4.05. The largest absolute Gasteiger partial charge is 0.391 e. The fourth-order valence-corrected chi connectivity index (χ4v) is 1.84. The van der Waals surface area contributed by atoms with Crippen LogP contribution in [-0.4, -0.2) is 44.1 Å². The van der Waals surface area contributed by atoms with Gasteiger partial charge in [-0.15, -0.1) is 0 Å². The third-order valence-electron chi connectivity index (χ3n) is 2.64. The average molecular weight is 253 g/mol. The van der Waals surface area contributed by atoms with Crippen LogP contribution in [0.2, 0.25) is 0 Å². The van der Waals surface area contributed by atoms with Gasteiger partial charge in [-0.05, 0) is 0 Å². The first-order valence-electron chi connectivity index (χ1n) is 5.29. The molecule has 1 aliphatic rings. The fourth-order valence-electron chi connectivity index (χ4n) is 1.84. The minimum Gasteiger partial charge on any atom is -0.391 e. The third-order valence-corrected chi connectivity index (χ3v) is 2.64. The van der Waals surface area contributed by atoms with Crippen LogP contribution in [0.3, 0.4) is 0 Å². The van der Waals surface area contributed by atoms with Gasteiger partial charge in [0.25, 0.3) is 5.56 Å². The van der Waals surface area contributed by atoms with E-state index in [1.807, 2.05) is 0 Å². The summed E-state index contributed by atoms with van der Waals surface area (Å²) in [4.78, 5) is 21.9. The van der Waals surface area contributed by atoms with E-state index in [1.165, 1.54) is 6.33 Å². The Morgan fingerprint density at radius 3 is 3.22 bits per heavy atom. The van der Waals surface area contributed by atoms with Crippen LogP contribution >= 0.6 is 0 Å². The zero-order chi connectivity index (χ0) is 12.7. The summed E-state index contributed by atoms with van der Waals surface area (Å²) in [5.74, 6) is 0.00636. The predicted molar refractivity (Wildman–Crippen MR) is 59.5 cm³/mol. The van der Waals surface area contributed by atoms with E-state index in [-0.39, 0.29) is 24.7 Å². The first-order valence-corrected chi connectivity index (χ1v) is 5.29. The van der Waals surface area contributed by atoms with E-state index in [2.05, 4.69) is 15.0 Å². The number of hydrogen-bond acceptors (Lipinski definition) is 7. The van der Waals surface area contributed by atoms with Crippen molar-refractivity contribution in [2.45, 2.75) is 12.5 Å². The number of anilines is 1. The topological polar surface area (TPSA) is 128 Å². The molecule has 0 spiro atoms. The summed E-state index contributed by atoms with van der Waals surface area (Å²) < 4.78 is 12.1. The zero-order valence-electron chi connectivity index (χ0n) is 9.24. The number of nitrogens with one attached hydrogen (secondary N) is 1. The molecule has 0 radical (unpaired) electrons. The summed E-state index contributed by atoms with van der Waals surface area (Å²) in [6.07, 6.45) is 0.271. The Morgan fingerprint density at radius 2 is 2.50 bits per heavy atom. The van der Waals surface area contributed by atoms with Crippen LogP contribution in [0.1, 0.15) is 6.23 Å². The van der Waals surface area contributed by atoms with Gasteiger partial charge < -0.3 is 20.3 Å². The van der Waals surface area contributed by atoms with E-state index >= 15 is 0 Å². The maximum Gasteiger partial charge on any atom is 0.280 e. The highest BCUT2D eigenvalue weighted by molar-refractivity contribution is 5.70. The summed E-state index contributed by atoms with van der Waals surface area (Å²) in [7, 11) is 0. The van der Waals surface area contributed by atoms with Crippen molar-refractivity contribution in [3.63, 3.8) is 0 Å². The Hall–Kier alpha value is -1.97. The molecule has 0 aromatic carbocycles. The van der Waals surface area contributed by atoms with Gasteiger partial charge in [0.05, 0.1) is 19.5 Å². The molecule has 96 valence electrons. The molecule has 0 bridgehead atoms. The lowest BCUT2D eigenvalue weighted by Crippen LogP contribution is -2.16. The molecular formula is C9H11N5O4. The van der Waals surface area contributed by atoms with Crippen LogP contribution in [0, 0.1) is 0 Å². The number of imidazole rings is 1. The third kappa shape index (κ3) is 1.65. The Bertz CT molecular complexity index is 635. The molecular weight excluding hydrogens is 242 g/mol. The van der Waals surface area contributed by atoms with Gasteiger partial charge in [0.15, 0.2) is 23.7 Å². The van der Waals surface area contributed by atoms with E-state index in [4.69, 9.17) is 20.3 Å². The van der Waals surface area contributed by atoms with Crippen LogP contribution in [0.25, 0.3) is 11.2 Å². The molecule has 3 rings (SSSR count). The molecule has 9 nitrogen and oxygen atoms in total. The molecule has 0 unspecified atom stereocenters. The molecule has 1 fully saturated rings. The van der Waals surface area contributed by atoms with E-state index in [0.29, 0.717) is 5.65 Å². The second-order valence-electron chi connectivity index (χ2n) is 3.81. The summed E-state index contributed by atoms with van der Waals surface area (Å²) in [6.45, 7) is 0.00432. The Kier molecular flexibility index (Phi) is 2.51. The van der Waals surface area contributed by atoms with E-state index in [1.54, 1.807) is 4.57 Å². The highest BCUT2D eigenvalue weighted by Gasteiger charge is 2.28. The van der Waals surface area contributed by atoms with Crippen molar-refractivity contribution in [2.75, 3.05) is 18.9 Å². The van der Waals surface area contributed by atoms with Crippen molar-refractivity contribution in [3.05, 3.63) is 16.7 Å². The number of aromatic amines is 1. The van der Waals surface area contributed by atoms with Gasteiger partial charge in [-0.3, -0.25) is 14.3 Å². The van der Waals surface area contributed by atoms with Crippen molar-refractivity contribution in [1.29, 1.82) is 0 Å². The molecule has 0 saturated carbocycles. The van der Waals surface area contributed by atoms with Crippen LogP contribution in [0.5, 0.6) is 0 Å². The van der Waals surface area contributed by atoms with Gasteiger partial charge in [-0.1, -0.05) is 0 Å². The first kappa shape index (κ1) is 11.1. The molecule has 0 aliphatic carbocycles. The van der Waals surface area contributed by atoms with Crippen molar-refractivity contribution in [1.82, 2.24) is 19.5 Å². The number of hydrogen-bond donors (Lipinski definition) is 3. The zero-order valence-corrected chi connectivity index (χ0v) is 9.24. The van der Waals surface area contributed by atoms with Crippen LogP contribution in [-0.2, 0) is 9.47 Å². The summed E-state index contributed by atoms with van der Waals surface area (Å²) in [6, 6.07) is 0. The molecule has 0 amide bonds. The van der Waals surface area contributed by atoms with Gasteiger partial charge >= 0.3 is 0 Å². The molecule has 18 heavy (non-hydrogen) atoms. The Balaban J connectivity index is 2.05. The van der Waals surface area contributed by atoms with Crippen LogP contribution in [0.4, 0.5) is 5.95 Å². The van der Waals surface area contributed by atoms with Crippen molar-refractivity contribution < 1.29 is 14.6 Å². The van der Waals surface area contributed by atoms with Gasteiger partial charge in [0.2, 0.25) is 5.95 Å². The van der Waals surface area contributed by atoms with Crippen LogP contribution in [0.15, 0.2) is 11.1 Å². The number of nitrogen functional groups attached to an aromatic ring is 1. The highest BCUT2D eigenvalue weighted by atomic mass is 16.7. The Morgan fingerprint density at radius 1 is 1.67 bits per heavy atom. The number of nitrogens with zero attached hydrogens (tertiary/aromatic N) is 3. The van der Waals surface area contributed by atoms with Crippen molar-refractivity contribution in [3.8, 4) is 0 Å². The summed E-state index contributed by atoms with van der Waals surface area (Å²) in [5, 5.41) is 8.92. The highest BCUT2D eigenvalue weighted by Crippen LogP contribution is 2.23.